The van der Waals surface area contributed by atoms with Gasteiger partial charge in [-0.15, -0.1) is 0 Å². The van der Waals surface area contributed by atoms with Crippen LogP contribution in [0.25, 0.3) is 76.1 Å². The number of hydrogen-bond donors (Lipinski definition) is 0. The molecule has 0 N–H and O–H groups in total. The maximum atomic E-state index is 2.63. The first-order chi connectivity index (χ1) is 23.3. The lowest BCUT2D eigenvalue weighted by Crippen LogP contribution is -2.25. The van der Waals surface area contributed by atoms with Gasteiger partial charge >= 0.3 is 0 Å². The fourth-order valence-electron chi connectivity index (χ4n) is 10.5. The zero-order valence-electron chi connectivity index (χ0n) is 26.5. The summed E-state index contributed by atoms with van der Waals surface area (Å²) in [4.78, 5) is 0. The minimum atomic E-state index is 0.737. The summed E-state index contributed by atoms with van der Waals surface area (Å²) in [6, 6.07) is 51.0. The average molecular weight is 601 g/mol. The molecule has 0 heteroatoms. The van der Waals surface area contributed by atoms with Gasteiger partial charge in [-0.05, 0) is 155 Å². The predicted molar refractivity (Wildman–Crippen MR) is 200 cm³/mol. The molecule has 2 saturated carbocycles. The lowest BCUT2D eigenvalue weighted by molar-refractivity contribution is 0.166. The van der Waals surface area contributed by atoms with E-state index in [4.69, 9.17) is 0 Å². The van der Waals surface area contributed by atoms with Gasteiger partial charge in [-0.25, -0.2) is 0 Å². The van der Waals surface area contributed by atoms with E-state index in [0.29, 0.717) is 0 Å². The molecule has 2 atom stereocenters. The third-order valence-corrected chi connectivity index (χ3v) is 12.3. The summed E-state index contributed by atoms with van der Waals surface area (Å²) in [5, 5.41) is 13.2. The monoisotopic (exact) mass is 600 g/mol. The van der Waals surface area contributed by atoms with Gasteiger partial charge in [-0.1, -0.05) is 121 Å². The molecule has 2 unspecified atom stereocenters. The molecule has 4 aliphatic rings. The second-order valence-corrected chi connectivity index (χ2v) is 14.9. The van der Waals surface area contributed by atoms with E-state index in [1.54, 1.807) is 11.1 Å². The van der Waals surface area contributed by atoms with Gasteiger partial charge in [0, 0.05) is 0 Å². The summed E-state index contributed by atoms with van der Waals surface area (Å²) < 4.78 is 0. The van der Waals surface area contributed by atoms with Crippen molar-refractivity contribution in [3.05, 3.63) is 145 Å². The largest absolute Gasteiger partial charge is 0.0616 e. The Balaban J connectivity index is 1.18. The molecule has 0 aromatic heterocycles. The molecule has 8 aromatic carbocycles. The molecule has 12 rings (SSSR count). The Bertz CT molecular complexity index is 2510. The summed E-state index contributed by atoms with van der Waals surface area (Å²) in [6.45, 7) is 0. The molecule has 0 aliphatic heterocycles. The van der Waals surface area contributed by atoms with E-state index in [9.17, 15) is 0 Å². The molecule has 0 saturated heterocycles. The van der Waals surface area contributed by atoms with Crippen LogP contribution in [-0.2, 0) is 0 Å². The van der Waals surface area contributed by atoms with Crippen molar-refractivity contribution < 1.29 is 0 Å². The summed E-state index contributed by atoms with van der Waals surface area (Å²) in [7, 11) is 0. The van der Waals surface area contributed by atoms with Gasteiger partial charge < -0.3 is 0 Å². The zero-order valence-corrected chi connectivity index (χ0v) is 26.5. The highest BCUT2D eigenvalue weighted by atomic mass is 14.5. The average Bonchev–Trinajstić information content (AvgIpc) is 3.28. The highest BCUT2D eigenvalue weighted by Gasteiger charge is 2.42. The number of benzene rings is 8. The molecule has 47 heavy (non-hydrogen) atoms. The SMILES string of the molecule is c1ccc2cc3c(ccc4c(-c5c6ccccc6c(-c6ccc7c(c6)C6CC8CC(CC7C8)C6)c6ccccc56)cccc43)cc2c1. The molecule has 0 heterocycles. The maximum absolute atomic E-state index is 2.63. The standard InChI is InChI=1S/C47H36/c1-2-9-31-26-44-32(25-30(31)8-1)16-19-38-37(44)14-7-15-39(38)47-42-12-5-3-10-40(42)46(41-11-4-6-13-43(41)47)33-17-18-36-34-21-28-20-29(22-34)24-35(23-28)45(36)27-33/h1-19,25-29,34-35H,20-24H2. The summed E-state index contributed by atoms with van der Waals surface area (Å²) in [6.07, 6.45) is 7.10. The molecule has 8 aromatic rings. The van der Waals surface area contributed by atoms with Gasteiger partial charge in [0.15, 0.2) is 0 Å². The summed E-state index contributed by atoms with van der Waals surface area (Å²) in [5.41, 5.74) is 8.78. The molecule has 224 valence electrons. The molecule has 4 bridgehead atoms. The maximum Gasteiger partial charge on any atom is -0.00201 e. The van der Waals surface area contributed by atoms with Crippen molar-refractivity contribution in [3.8, 4) is 22.3 Å². The van der Waals surface area contributed by atoms with Gasteiger partial charge in [0.25, 0.3) is 0 Å². The molecule has 0 spiro atoms. The van der Waals surface area contributed by atoms with Crippen molar-refractivity contribution >= 4 is 53.9 Å². The normalized spacial score (nSPS) is 21.6. The van der Waals surface area contributed by atoms with Crippen molar-refractivity contribution in [3.63, 3.8) is 0 Å². The predicted octanol–water partition coefficient (Wildman–Crippen LogP) is 13.2. The van der Waals surface area contributed by atoms with Crippen molar-refractivity contribution in [2.75, 3.05) is 0 Å². The van der Waals surface area contributed by atoms with Crippen molar-refractivity contribution in [2.24, 2.45) is 11.8 Å². The van der Waals surface area contributed by atoms with Crippen LogP contribution < -0.4 is 0 Å². The topological polar surface area (TPSA) is 0 Å². The third-order valence-electron chi connectivity index (χ3n) is 12.3. The molecule has 0 nitrogen and oxygen atoms in total. The van der Waals surface area contributed by atoms with Crippen LogP contribution in [0.4, 0.5) is 0 Å². The number of rotatable bonds is 2. The van der Waals surface area contributed by atoms with Crippen LogP contribution >= 0.6 is 0 Å². The third kappa shape index (κ3) is 3.82. The van der Waals surface area contributed by atoms with Crippen LogP contribution in [0, 0.1) is 11.8 Å². The molecule has 0 radical (unpaired) electrons. The van der Waals surface area contributed by atoms with E-state index in [-0.39, 0.29) is 0 Å². The first kappa shape index (κ1) is 26.2. The van der Waals surface area contributed by atoms with E-state index < -0.39 is 0 Å². The fraction of sp³-hybridized carbons (Fsp3) is 0.191. The molecular formula is C47H36. The Hall–Kier alpha value is -4.94. The molecular weight excluding hydrogens is 565 g/mol. The molecule has 0 amide bonds. The van der Waals surface area contributed by atoms with Gasteiger partial charge in [0.1, 0.15) is 0 Å². The molecule has 4 aliphatic carbocycles. The van der Waals surface area contributed by atoms with Crippen molar-refractivity contribution in [1.29, 1.82) is 0 Å². The summed E-state index contributed by atoms with van der Waals surface area (Å²) in [5.74, 6) is 3.38. The summed E-state index contributed by atoms with van der Waals surface area (Å²) >= 11 is 0. The first-order valence-corrected chi connectivity index (χ1v) is 17.7. The smallest absolute Gasteiger partial charge is 0.00201 e. The number of fused-ring (bicyclic) bond motifs is 6. The first-order valence-electron chi connectivity index (χ1n) is 17.7. The number of hydrogen-bond acceptors (Lipinski definition) is 0. The lowest BCUT2D eigenvalue weighted by Gasteiger charge is -2.38. The Kier molecular flexibility index (Phi) is 5.45. The lowest BCUT2D eigenvalue weighted by atomic mass is 9.67. The second-order valence-electron chi connectivity index (χ2n) is 14.9. The quantitative estimate of drug-likeness (QED) is 0.137. The van der Waals surface area contributed by atoms with Gasteiger partial charge in [-0.2, -0.15) is 0 Å². The van der Waals surface area contributed by atoms with E-state index in [2.05, 4.69) is 133 Å². The Morgan fingerprint density at radius 2 is 0.936 bits per heavy atom. The minimum Gasteiger partial charge on any atom is -0.0616 e. The van der Waals surface area contributed by atoms with Crippen LogP contribution in [0.3, 0.4) is 0 Å². The molecule has 2 fully saturated rings. The van der Waals surface area contributed by atoms with Crippen LogP contribution in [0.1, 0.15) is 55.1 Å². The Labute approximate surface area is 275 Å². The Morgan fingerprint density at radius 3 is 1.64 bits per heavy atom. The highest BCUT2D eigenvalue weighted by molar-refractivity contribution is 6.25. The van der Waals surface area contributed by atoms with Gasteiger partial charge in [0.05, 0.1) is 0 Å². The van der Waals surface area contributed by atoms with E-state index >= 15 is 0 Å². The highest BCUT2D eigenvalue weighted by Crippen LogP contribution is 2.57. The van der Waals surface area contributed by atoms with Crippen molar-refractivity contribution in [2.45, 2.75) is 43.9 Å². The van der Waals surface area contributed by atoms with Gasteiger partial charge in [-0.3, -0.25) is 0 Å². The van der Waals surface area contributed by atoms with Crippen LogP contribution in [0.15, 0.2) is 133 Å². The second kappa shape index (κ2) is 9.79. The van der Waals surface area contributed by atoms with Crippen LogP contribution in [-0.4, -0.2) is 0 Å². The zero-order chi connectivity index (χ0) is 30.6. The van der Waals surface area contributed by atoms with E-state index in [1.807, 2.05) is 0 Å². The van der Waals surface area contributed by atoms with Gasteiger partial charge in [0.2, 0.25) is 0 Å². The van der Waals surface area contributed by atoms with Crippen molar-refractivity contribution in [1.82, 2.24) is 0 Å². The van der Waals surface area contributed by atoms with E-state index in [0.717, 1.165) is 23.7 Å². The van der Waals surface area contributed by atoms with Crippen LogP contribution in [0.5, 0.6) is 0 Å². The Morgan fingerprint density at radius 1 is 0.340 bits per heavy atom. The van der Waals surface area contributed by atoms with Crippen LogP contribution in [0.2, 0.25) is 0 Å². The fourth-order valence-corrected chi connectivity index (χ4v) is 10.5. The minimum absolute atomic E-state index is 0.737. The van der Waals surface area contributed by atoms with E-state index in [1.165, 1.54) is 108 Å².